The fourth-order valence-corrected chi connectivity index (χ4v) is 6.02. The van der Waals surface area contributed by atoms with E-state index in [0.29, 0.717) is 5.69 Å². The molecule has 2 heterocycles. The van der Waals surface area contributed by atoms with Gasteiger partial charge in [-0.25, -0.2) is 16.8 Å². The summed E-state index contributed by atoms with van der Waals surface area (Å²) in [5, 5.41) is 3.68. The van der Waals surface area contributed by atoms with Crippen molar-refractivity contribution in [1.29, 1.82) is 0 Å². The number of aryl methyl sites for hydroxylation is 2. The summed E-state index contributed by atoms with van der Waals surface area (Å²) in [4.78, 5) is 0.267. The Labute approximate surface area is 147 Å². The van der Waals surface area contributed by atoms with Crippen LogP contribution in [0.25, 0.3) is 0 Å². The monoisotopic (exact) mass is 385 g/mol. The van der Waals surface area contributed by atoms with Gasteiger partial charge in [0.15, 0.2) is 5.76 Å². The van der Waals surface area contributed by atoms with Crippen LogP contribution in [0.15, 0.2) is 44.6 Å². The van der Waals surface area contributed by atoms with Gasteiger partial charge in [0.25, 0.3) is 0 Å². The minimum atomic E-state index is -3.76. The van der Waals surface area contributed by atoms with Crippen molar-refractivity contribution in [3.63, 3.8) is 0 Å². The van der Waals surface area contributed by atoms with Crippen LogP contribution >= 0.6 is 0 Å². The molecule has 1 fully saturated rings. The van der Waals surface area contributed by atoms with E-state index in [-0.39, 0.29) is 41.7 Å². The molecule has 0 N–H and O–H groups in total. The van der Waals surface area contributed by atoms with Gasteiger partial charge in [0.2, 0.25) is 20.0 Å². The molecule has 0 aliphatic carbocycles. The molecule has 25 heavy (non-hydrogen) atoms. The van der Waals surface area contributed by atoms with Gasteiger partial charge in [-0.2, -0.15) is 8.61 Å². The standard InChI is InChI=1S/C15H19N3O5S2/c1-12-15(13(2)23-16-12)25(21,22)18-10-8-17(9-11-18)24(19,20)14-6-4-3-5-7-14/h3-7H,8-11H2,1-2H3. The molecule has 0 radical (unpaired) electrons. The molecule has 1 aliphatic rings. The number of benzene rings is 1. The van der Waals surface area contributed by atoms with E-state index >= 15 is 0 Å². The third kappa shape index (κ3) is 3.22. The van der Waals surface area contributed by atoms with Gasteiger partial charge in [-0.1, -0.05) is 23.4 Å². The molecule has 0 bridgehead atoms. The molecule has 1 aliphatic heterocycles. The molecule has 0 amide bonds. The highest BCUT2D eigenvalue weighted by molar-refractivity contribution is 7.89. The summed E-state index contributed by atoms with van der Waals surface area (Å²) in [7, 11) is -7.38. The first kappa shape index (κ1) is 18.1. The van der Waals surface area contributed by atoms with E-state index in [2.05, 4.69) is 5.16 Å². The Morgan fingerprint density at radius 2 is 1.40 bits per heavy atom. The van der Waals surface area contributed by atoms with E-state index in [1.807, 2.05) is 0 Å². The molecule has 0 saturated carbocycles. The summed E-state index contributed by atoms with van der Waals surface area (Å²) < 4.78 is 58.3. The summed E-state index contributed by atoms with van der Waals surface area (Å²) >= 11 is 0. The van der Waals surface area contributed by atoms with Crippen LogP contribution in [0.3, 0.4) is 0 Å². The number of hydrogen-bond acceptors (Lipinski definition) is 6. The lowest BCUT2D eigenvalue weighted by molar-refractivity contribution is 0.272. The SMILES string of the molecule is Cc1noc(C)c1S(=O)(=O)N1CCN(S(=O)(=O)c2ccccc2)CC1. The Balaban J connectivity index is 1.79. The Morgan fingerprint density at radius 3 is 1.88 bits per heavy atom. The first-order valence-electron chi connectivity index (χ1n) is 7.73. The van der Waals surface area contributed by atoms with Crippen molar-refractivity contribution in [3.8, 4) is 0 Å². The molecule has 2 aromatic rings. The van der Waals surface area contributed by atoms with E-state index in [4.69, 9.17) is 4.52 Å². The third-order valence-electron chi connectivity index (χ3n) is 4.14. The fraction of sp³-hybridized carbons (Fsp3) is 0.400. The van der Waals surface area contributed by atoms with Gasteiger partial charge in [-0.05, 0) is 26.0 Å². The third-order valence-corrected chi connectivity index (χ3v) is 8.20. The highest BCUT2D eigenvalue weighted by Gasteiger charge is 2.36. The quantitative estimate of drug-likeness (QED) is 0.778. The Morgan fingerprint density at radius 1 is 0.880 bits per heavy atom. The van der Waals surface area contributed by atoms with Crippen LogP contribution in [0.5, 0.6) is 0 Å². The highest BCUT2D eigenvalue weighted by Crippen LogP contribution is 2.25. The van der Waals surface area contributed by atoms with Crippen molar-refractivity contribution < 1.29 is 21.4 Å². The van der Waals surface area contributed by atoms with Crippen LogP contribution < -0.4 is 0 Å². The summed E-state index contributed by atoms with van der Waals surface area (Å²) in [5.41, 5.74) is 0.303. The molecule has 136 valence electrons. The van der Waals surface area contributed by atoms with E-state index < -0.39 is 20.0 Å². The lowest BCUT2D eigenvalue weighted by atomic mass is 10.4. The van der Waals surface area contributed by atoms with Crippen LogP contribution in [-0.4, -0.2) is 56.8 Å². The van der Waals surface area contributed by atoms with Gasteiger partial charge in [0, 0.05) is 26.2 Å². The van der Waals surface area contributed by atoms with E-state index in [0.717, 1.165) is 0 Å². The Bertz CT molecular complexity index is 940. The first-order valence-corrected chi connectivity index (χ1v) is 10.6. The van der Waals surface area contributed by atoms with Gasteiger partial charge < -0.3 is 4.52 Å². The molecule has 1 saturated heterocycles. The van der Waals surface area contributed by atoms with Crippen LogP contribution in [0.4, 0.5) is 0 Å². The summed E-state index contributed by atoms with van der Waals surface area (Å²) in [5.74, 6) is 0.233. The number of aromatic nitrogens is 1. The smallest absolute Gasteiger partial charge is 0.248 e. The molecule has 0 spiro atoms. The van der Waals surface area contributed by atoms with Gasteiger partial charge in [-0.3, -0.25) is 0 Å². The topological polar surface area (TPSA) is 101 Å². The molecule has 8 nitrogen and oxygen atoms in total. The predicted molar refractivity (Wildman–Crippen MR) is 89.9 cm³/mol. The second-order valence-electron chi connectivity index (χ2n) is 5.77. The average Bonchev–Trinajstić information content (AvgIpc) is 2.95. The fourth-order valence-electron chi connectivity index (χ4n) is 2.86. The second kappa shape index (κ2) is 6.52. The molecule has 0 unspecified atom stereocenters. The van der Waals surface area contributed by atoms with E-state index in [1.165, 1.54) is 20.7 Å². The van der Waals surface area contributed by atoms with Crippen LogP contribution in [-0.2, 0) is 20.0 Å². The zero-order valence-corrected chi connectivity index (χ0v) is 15.5. The summed E-state index contributed by atoms with van der Waals surface area (Å²) in [6.45, 7) is 3.47. The Hall–Kier alpha value is -1.75. The van der Waals surface area contributed by atoms with Crippen molar-refractivity contribution in [3.05, 3.63) is 41.8 Å². The summed E-state index contributed by atoms with van der Waals surface area (Å²) in [6.07, 6.45) is 0. The molecule has 1 aromatic heterocycles. The predicted octanol–water partition coefficient (Wildman–Crippen LogP) is 0.987. The van der Waals surface area contributed by atoms with Gasteiger partial charge in [0.05, 0.1) is 4.90 Å². The maximum atomic E-state index is 12.8. The van der Waals surface area contributed by atoms with Crippen molar-refractivity contribution in [2.24, 2.45) is 0 Å². The molecular formula is C15H19N3O5S2. The number of sulfonamides is 2. The van der Waals surface area contributed by atoms with E-state index in [9.17, 15) is 16.8 Å². The molecule has 0 atom stereocenters. The van der Waals surface area contributed by atoms with Crippen molar-refractivity contribution in [2.75, 3.05) is 26.2 Å². The minimum absolute atomic E-state index is 0.0619. The molecular weight excluding hydrogens is 366 g/mol. The van der Waals surface area contributed by atoms with Crippen LogP contribution in [0.2, 0.25) is 0 Å². The largest absolute Gasteiger partial charge is 0.360 e. The Kier molecular flexibility index (Phi) is 4.71. The van der Waals surface area contributed by atoms with Crippen molar-refractivity contribution >= 4 is 20.0 Å². The molecule has 10 heteroatoms. The van der Waals surface area contributed by atoms with Gasteiger partial charge in [-0.15, -0.1) is 0 Å². The lowest BCUT2D eigenvalue weighted by Gasteiger charge is -2.33. The number of hydrogen-bond donors (Lipinski definition) is 0. The number of rotatable bonds is 4. The lowest BCUT2D eigenvalue weighted by Crippen LogP contribution is -2.50. The molecule has 1 aromatic carbocycles. The van der Waals surface area contributed by atoms with Crippen molar-refractivity contribution in [1.82, 2.24) is 13.8 Å². The zero-order chi connectivity index (χ0) is 18.2. The average molecular weight is 385 g/mol. The number of nitrogens with zero attached hydrogens (tertiary/aromatic N) is 3. The number of piperazine rings is 1. The minimum Gasteiger partial charge on any atom is -0.360 e. The maximum Gasteiger partial charge on any atom is 0.248 e. The van der Waals surface area contributed by atoms with Gasteiger partial charge >= 0.3 is 0 Å². The summed E-state index contributed by atoms with van der Waals surface area (Å²) in [6, 6.07) is 8.12. The van der Waals surface area contributed by atoms with Crippen LogP contribution in [0.1, 0.15) is 11.5 Å². The second-order valence-corrected chi connectivity index (χ2v) is 9.59. The van der Waals surface area contributed by atoms with Gasteiger partial charge in [0.1, 0.15) is 10.6 Å². The maximum absolute atomic E-state index is 12.8. The van der Waals surface area contributed by atoms with Crippen molar-refractivity contribution in [2.45, 2.75) is 23.6 Å². The zero-order valence-electron chi connectivity index (χ0n) is 13.9. The molecule has 3 rings (SSSR count). The van der Waals surface area contributed by atoms with E-state index in [1.54, 1.807) is 32.0 Å². The van der Waals surface area contributed by atoms with Crippen LogP contribution in [0, 0.1) is 13.8 Å². The first-order chi connectivity index (χ1) is 11.7. The normalized spacial score (nSPS) is 17.7. The highest BCUT2D eigenvalue weighted by atomic mass is 32.2.